The molecule has 0 unspecified atom stereocenters. The SMILES string of the molecule is CC(C)(C)[Si](C)(C)OC[C@H]1O[C@H](n2cnc3ncnc(Cl)c32)[C@]2(Cl)CC[C@H]12. The highest BCUT2D eigenvalue weighted by Crippen LogP contribution is 2.60. The van der Waals surface area contributed by atoms with Gasteiger partial charge in [0.15, 0.2) is 25.3 Å². The number of ether oxygens (including phenoxy) is 1. The van der Waals surface area contributed by atoms with Crippen LogP contribution in [0.5, 0.6) is 0 Å². The summed E-state index contributed by atoms with van der Waals surface area (Å²) in [5.74, 6) is 0.259. The Hall–Kier alpha value is -0.733. The molecule has 1 saturated heterocycles. The fraction of sp³-hybridized carbons (Fsp3) is 0.722. The van der Waals surface area contributed by atoms with Gasteiger partial charge in [-0.2, -0.15) is 0 Å². The van der Waals surface area contributed by atoms with E-state index < -0.39 is 13.2 Å². The predicted molar refractivity (Wildman–Crippen MR) is 109 cm³/mol. The fourth-order valence-corrected chi connectivity index (χ4v) is 5.49. The minimum absolute atomic E-state index is 0.0313. The van der Waals surface area contributed by atoms with Gasteiger partial charge in [-0.1, -0.05) is 32.4 Å². The summed E-state index contributed by atoms with van der Waals surface area (Å²) in [5.41, 5.74) is 1.22. The maximum absolute atomic E-state index is 7.05. The zero-order chi connectivity index (χ0) is 19.6. The molecule has 1 saturated carbocycles. The number of hydrogen-bond acceptors (Lipinski definition) is 5. The van der Waals surface area contributed by atoms with Gasteiger partial charge in [-0.3, -0.25) is 4.57 Å². The molecule has 1 aliphatic heterocycles. The van der Waals surface area contributed by atoms with Crippen LogP contribution in [-0.2, 0) is 9.16 Å². The van der Waals surface area contributed by atoms with Crippen LogP contribution in [0.3, 0.4) is 0 Å². The molecule has 2 aromatic heterocycles. The molecule has 27 heavy (non-hydrogen) atoms. The van der Waals surface area contributed by atoms with Crippen molar-refractivity contribution in [2.45, 2.75) is 69.0 Å². The predicted octanol–water partition coefficient (Wildman–Crippen LogP) is 4.79. The topological polar surface area (TPSA) is 62.1 Å². The van der Waals surface area contributed by atoms with E-state index in [1.807, 2.05) is 4.57 Å². The van der Waals surface area contributed by atoms with Crippen LogP contribution in [0.2, 0.25) is 23.3 Å². The van der Waals surface area contributed by atoms with E-state index >= 15 is 0 Å². The van der Waals surface area contributed by atoms with Gasteiger partial charge < -0.3 is 9.16 Å². The van der Waals surface area contributed by atoms with E-state index in [1.165, 1.54) is 6.33 Å². The molecule has 1 aliphatic carbocycles. The summed E-state index contributed by atoms with van der Waals surface area (Å²) < 4.78 is 14.8. The molecule has 0 aromatic carbocycles. The molecule has 0 bridgehead atoms. The lowest BCUT2D eigenvalue weighted by molar-refractivity contribution is -0.0255. The van der Waals surface area contributed by atoms with Crippen molar-refractivity contribution in [2.75, 3.05) is 6.61 Å². The zero-order valence-corrected chi connectivity index (χ0v) is 18.9. The summed E-state index contributed by atoms with van der Waals surface area (Å²) in [6.07, 6.45) is 4.67. The number of hydrogen-bond donors (Lipinski definition) is 0. The smallest absolute Gasteiger partial charge is 0.192 e. The van der Waals surface area contributed by atoms with Crippen molar-refractivity contribution in [3.63, 3.8) is 0 Å². The van der Waals surface area contributed by atoms with E-state index in [-0.39, 0.29) is 23.3 Å². The van der Waals surface area contributed by atoms with E-state index in [0.29, 0.717) is 22.9 Å². The van der Waals surface area contributed by atoms with Gasteiger partial charge in [0.1, 0.15) is 11.8 Å². The minimum atomic E-state index is -1.85. The first-order chi connectivity index (χ1) is 12.5. The maximum atomic E-state index is 7.05. The zero-order valence-electron chi connectivity index (χ0n) is 16.4. The normalized spacial score (nSPS) is 31.1. The molecule has 0 N–H and O–H groups in total. The number of aromatic nitrogens is 4. The van der Waals surface area contributed by atoms with Gasteiger partial charge in [0, 0.05) is 5.92 Å². The standard InChI is InChI=1S/C18H26Cl2N4O2Si/c1-17(2,3)27(4,5)25-8-12-11-6-7-18(11,20)16(26-12)24-10-23-15-13(24)14(19)21-9-22-15/h9-12,16H,6-8H2,1-5H3/t11-,12-,16+,18+/m1/s1. The van der Waals surface area contributed by atoms with Gasteiger partial charge in [-0.05, 0) is 31.0 Å². The Kier molecular flexibility index (Phi) is 4.63. The van der Waals surface area contributed by atoms with Crippen LogP contribution in [0, 0.1) is 5.92 Å². The van der Waals surface area contributed by atoms with Crippen LogP contribution < -0.4 is 0 Å². The highest BCUT2D eigenvalue weighted by molar-refractivity contribution is 6.74. The summed E-state index contributed by atoms with van der Waals surface area (Å²) in [5, 5.41) is 0.520. The molecule has 2 fully saturated rings. The Labute approximate surface area is 170 Å². The summed E-state index contributed by atoms with van der Waals surface area (Å²) in [4.78, 5) is 12.2. The molecule has 2 aromatic rings. The van der Waals surface area contributed by atoms with Gasteiger partial charge >= 0.3 is 0 Å². The number of rotatable bonds is 4. The number of halogens is 2. The molecule has 9 heteroatoms. The minimum Gasteiger partial charge on any atom is -0.414 e. The lowest BCUT2D eigenvalue weighted by Gasteiger charge is -2.43. The van der Waals surface area contributed by atoms with Gasteiger partial charge in [0.2, 0.25) is 0 Å². The van der Waals surface area contributed by atoms with Crippen LogP contribution in [0.4, 0.5) is 0 Å². The van der Waals surface area contributed by atoms with Crippen molar-refractivity contribution in [3.05, 3.63) is 17.8 Å². The second-order valence-electron chi connectivity index (χ2n) is 9.16. The van der Waals surface area contributed by atoms with Gasteiger partial charge in [-0.25, -0.2) is 15.0 Å². The molecular formula is C18H26Cl2N4O2Si. The highest BCUT2D eigenvalue weighted by Gasteiger charge is 2.62. The third kappa shape index (κ3) is 3.02. The maximum Gasteiger partial charge on any atom is 0.192 e. The average molecular weight is 429 g/mol. The quantitative estimate of drug-likeness (QED) is 0.397. The van der Waals surface area contributed by atoms with E-state index in [0.717, 1.165) is 12.8 Å². The molecule has 4 rings (SSSR count). The van der Waals surface area contributed by atoms with Crippen molar-refractivity contribution >= 4 is 42.7 Å². The molecule has 3 heterocycles. The van der Waals surface area contributed by atoms with E-state index in [9.17, 15) is 0 Å². The summed E-state index contributed by atoms with van der Waals surface area (Å²) in [6, 6.07) is 0. The number of alkyl halides is 1. The molecule has 2 aliphatic rings. The van der Waals surface area contributed by atoms with Crippen molar-refractivity contribution in [2.24, 2.45) is 5.92 Å². The third-order valence-corrected chi connectivity index (χ3v) is 12.0. The molecule has 0 amide bonds. The molecule has 0 radical (unpaired) electrons. The lowest BCUT2D eigenvalue weighted by Crippen LogP contribution is -2.48. The lowest BCUT2D eigenvalue weighted by atomic mass is 9.71. The summed E-state index contributed by atoms with van der Waals surface area (Å²) >= 11 is 13.4. The highest BCUT2D eigenvalue weighted by atomic mass is 35.5. The first-order valence-corrected chi connectivity index (χ1v) is 13.0. The van der Waals surface area contributed by atoms with Crippen molar-refractivity contribution in [3.8, 4) is 0 Å². The van der Waals surface area contributed by atoms with Gasteiger partial charge in [0.25, 0.3) is 0 Å². The van der Waals surface area contributed by atoms with Crippen LogP contribution in [0.1, 0.15) is 39.8 Å². The van der Waals surface area contributed by atoms with Crippen molar-refractivity contribution < 1.29 is 9.16 Å². The second kappa shape index (κ2) is 6.39. The van der Waals surface area contributed by atoms with E-state index in [4.69, 9.17) is 32.4 Å². The average Bonchev–Trinajstić information content (AvgIpc) is 3.06. The molecular weight excluding hydrogens is 403 g/mol. The summed E-state index contributed by atoms with van der Waals surface area (Å²) in [6.45, 7) is 11.8. The van der Waals surface area contributed by atoms with E-state index in [1.54, 1.807) is 6.33 Å². The Morgan fingerprint density at radius 2 is 2.07 bits per heavy atom. The molecule has 4 atom stereocenters. The summed E-state index contributed by atoms with van der Waals surface area (Å²) in [7, 11) is -1.85. The first kappa shape index (κ1) is 19.6. The molecule has 148 valence electrons. The van der Waals surface area contributed by atoms with Crippen LogP contribution in [0.25, 0.3) is 11.2 Å². The van der Waals surface area contributed by atoms with Crippen molar-refractivity contribution in [1.82, 2.24) is 19.5 Å². The van der Waals surface area contributed by atoms with Crippen molar-refractivity contribution in [1.29, 1.82) is 0 Å². The number of imidazole rings is 1. The Morgan fingerprint density at radius 3 is 2.70 bits per heavy atom. The number of fused-ring (bicyclic) bond motifs is 2. The second-order valence-corrected chi connectivity index (χ2v) is 15.0. The van der Waals surface area contributed by atoms with Crippen LogP contribution in [0.15, 0.2) is 12.7 Å². The molecule has 0 spiro atoms. The van der Waals surface area contributed by atoms with E-state index in [2.05, 4.69) is 48.8 Å². The largest absolute Gasteiger partial charge is 0.414 e. The Balaban J connectivity index is 1.59. The van der Waals surface area contributed by atoms with Gasteiger partial charge in [0.05, 0.1) is 23.9 Å². The first-order valence-electron chi connectivity index (χ1n) is 9.36. The number of nitrogens with zero attached hydrogens (tertiary/aromatic N) is 4. The fourth-order valence-electron chi connectivity index (χ4n) is 3.74. The van der Waals surface area contributed by atoms with Gasteiger partial charge in [-0.15, -0.1) is 11.6 Å². The molecule has 6 nitrogen and oxygen atoms in total. The van der Waals surface area contributed by atoms with Crippen LogP contribution >= 0.6 is 23.2 Å². The Morgan fingerprint density at radius 1 is 1.33 bits per heavy atom. The third-order valence-electron chi connectivity index (χ3n) is 6.61. The van der Waals surface area contributed by atoms with Crippen LogP contribution in [-0.4, -0.2) is 45.4 Å². The monoisotopic (exact) mass is 428 g/mol. The Bertz CT molecular complexity index is 869.